The Balaban J connectivity index is 0.000000461. The van der Waals surface area contributed by atoms with Crippen molar-refractivity contribution in [2.75, 3.05) is 6.26 Å². The summed E-state index contributed by atoms with van der Waals surface area (Å²) in [6.07, 6.45) is 1.86. The van der Waals surface area contributed by atoms with Crippen LogP contribution in [0.1, 0.15) is 13.8 Å². The second-order valence-corrected chi connectivity index (χ2v) is 2.48. The highest BCUT2D eigenvalue weighted by Crippen LogP contribution is 2.17. The molecule has 0 fully saturated rings. The summed E-state index contributed by atoms with van der Waals surface area (Å²) in [5.74, 6) is -0.134. The molecule has 11 heavy (non-hydrogen) atoms. The van der Waals surface area contributed by atoms with Gasteiger partial charge in [-0.3, -0.25) is 0 Å². The fraction of sp³-hybridized carbons (Fsp3) is 0.333. The average Bonchev–Trinajstić information content (AvgIpc) is 2.09. The van der Waals surface area contributed by atoms with Gasteiger partial charge in [-0.15, -0.1) is 11.8 Å². The molecule has 0 amide bonds. The van der Waals surface area contributed by atoms with Crippen molar-refractivity contribution in [1.82, 2.24) is 0 Å². The fourth-order valence-electron chi connectivity index (χ4n) is 0.610. The van der Waals surface area contributed by atoms with Gasteiger partial charge in [0.25, 0.3) is 0 Å². The normalized spacial score (nSPS) is 8.36. The van der Waals surface area contributed by atoms with E-state index in [0.29, 0.717) is 4.90 Å². The van der Waals surface area contributed by atoms with Crippen molar-refractivity contribution < 1.29 is 4.39 Å². The van der Waals surface area contributed by atoms with E-state index >= 15 is 0 Å². The third kappa shape index (κ3) is 3.42. The Kier molecular flexibility index (Phi) is 5.94. The highest BCUT2D eigenvalue weighted by Gasteiger charge is 1.94. The van der Waals surface area contributed by atoms with Crippen LogP contribution in [-0.4, -0.2) is 6.26 Å². The first-order valence-corrected chi connectivity index (χ1v) is 4.85. The van der Waals surface area contributed by atoms with Crippen LogP contribution in [0.15, 0.2) is 29.2 Å². The van der Waals surface area contributed by atoms with Gasteiger partial charge in [0, 0.05) is 4.90 Å². The second-order valence-electron chi connectivity index (χ2n) is 1.63. The molecule has 62 valence electrons. The molecule has 0 spiro atoms. The maximum absolute atomic E-state index is 12.6. The standard InChI is InChI=1S/C7H7FS.C2H6/c1-9-7-5-3-2-4-6(7)8;1-2/h2-5H,1H3;1-2H3. The van der Waals surface area contributed by atoms with Gasteiger partial charge >= 0.3 is 0 Å². The molecule has 0 aliphatic carbocycles. The molecule has 0 radical (unpaired) electrons. The summed E-state index contributed by atoms with van der Waals surface area (Å²) in [5, 5.41) is 0. The maximum Gasteiger partial charge on any atom is 0.136 e. The number of halogens is 1. The van der Waals surface area contributed by atoms with E-state index in [4.69, 9.17) is 0 Å². The number of hydrogen-bond acceptors (Lipinski definition) is 1. The highest BCUT2D eigenvalue weighted by molar-refractivity contribution is 7.98. The van der Waals surface area contributed by atoms with Gasteiger partial charge in [-0.1, -0.05) is 26.0 Å². The first-order valence-electron chi connectivity index (χ1n) is 3.63. The van der Waals surface area contributed by atoms with E-state index in [1.54, 1.807) is 12.1 Å². The molecule has 1 aromatic rings. The molecule has 0 nitrogen and oxygen atoms in total. The minimum atomic E-state index is -0.134. The van der Waals surface area contributed by atoms with Crippen molar-refractivity contribution in [2.24, 2.45) is 0 Å². The molecule has 0 saturated carbocycles. The molecule has 0 atom stereocenters. The van der Waals surface area contributed by atoms with Crippen LogP contribution in [0, 0.1) is 5.82 Å². The Bertz CT molecular complexity index is 199. The minimum Gasteiger partial charge on any atom is -0.206 e. The molecule has 0 heterocycles. The number of benzene rings is 1. The smallest absolute Gasteiger partial charge is 0.136 e. The van der Waals surface area contributed by atoms with E-state index < -0.39 is 0 Å². The lowest BCUT2D eigenvalue weighted by atomic mass is 10.4. The summed E-state index contributed by atoms with van der Waals surface area (Å²) >= 11 is 1.42. The Hall–Kier alpha value is -0.500. The van der Waals surface area contributed by atoms with E-state index in [0.717, 1.165) is 0 Å². The molecule has 0 aliphatic rings. The maximum atomic E-state index is 12.6. The van der Waals surface area contributed by atoms with Crippen molar-refractivity contribution in [3.8, 4) is 0 Å². The molecule has 0 saturated heterocycles. The lowest BCUT2D eigenvalue weighted by Crippen LogP contribution is -1.75. The van der Waals surface area contributed by atoms with Crippen LogP contribution in [0.3, 0.4) is 0 Å². The van der Waals surface area contributed by atoms with Crippen LogP contribution in [0.5, 0.6) is 0 Å². The molecule has 0 aliphatic heterocycles. The number of rotatable bonds is 1. The van der Waals surface area contributed by atoms with Gasteiger partial charge in [0.15, 0.2) is 0 Å². The predicted molar refractivity (Wildman–Crippen MR) is 49.5 cm³/mol. The van der Waals surface area contributed by atoms with Crippen LogP contribution >= 0.6 is 11.8 Å². The van der Waals surface area contributed by atoms with Gasteiger partial charge < -0.3 is 0 Å². The Morgan fingerprint density at radius 3 is 2.09 bits per heavy atom. The van der Waals surface area contributed by atoms with Gasteiger partial charge in [-0.2, -0.15) is 0 Å². The minimum absolute atomic E-state index is 0.134. The Labute approximate surface area is 71.8 Å². The molecule has 0 aromatic heterocycles. The van der Waals surface area contributed by atoms with Crippen LogP contribution < -0.4 is 0 Å². The molecule has 1 aromatic carbocycles. The lowest BCUT2D eigenvalue weighted by Gasteiger charge is -1.94. The summed E-state index contributed by atoms with van der Waals surface area (Å²) in [4.78, 5) is 0.706. The highest BCUT2D eigenvalue weighted by atomic mass is 32.2. The van der Waals surface area contributed by atoms with Crippen molar-refractivity contribution >= 4 is 11.8 Å². The summed E-state index contributed by atoms with van der Waals surface area (Å²) in [6, 6.07) is 6.75. The monoisotopic (exact) mass is 172 g/mol. The van der Waals surface area contributed by atoms with Crippen molar-refractivity contribution in [1.29, 1.82) is 0 Å². The molecule has 1 rings (SSSR count). The third-order valence-electron chi connectivity index (χ3n) is 1.06. The summed E-state index contributed by atoms with van der Waals surface area (Å²) in [6.45, 7) is 4.00. The first-order chi connectivity index (χ1) is 5.34. The van der Waals surface area contributed by atoms with Crippen LogP contribution in [-0.2, 0) is 0 Å². The molecule has 0 bridgehead atoms. The molecule has 0 unspecified atom stereocenters. The lowest BCUT2D eigenvalue weighted by molar-refractivity contribution is 0.602. The van der Waals surface area contributed by atoms with E-state index in [1.807, 2.05) is 26.2 Å². The van der Waals surface area contributed by atoms with Gasteiger partial charge in [0.1, 0.15) is 5.82 Å². The topological polar surface area (TPSA) is 0 Å². The zero-order valence-electron chi connectivity index (χ0n) is 7.10. The van der Waals surface area contributed by atoms with Gasteiger partial charge in [0.05, 0.1) is 0 Å². The van der Waals surface area contributed by atoms with Crippen LogP contribution in [0.2, 0.25) is 0 Å². The fourth-order valence-corrected chi connectivity index (χ4v) is 1.09. The average molecular weight is 172 g/mol. The Morgan fingerprint density at radius 1 is 1.18 bits per heavy atom. The van der Waals surface area contributed by atoms with E-state index in [9.17, 15) is 4.39 Å². The van der Waals surface area contributed by atoms with E-state index in [1.165, 1.54) is 17.8 Å². The van der Waals surface area contributed by atoms with Crippen molar-refractivity contribution in [2.45, 2.75) is 18.7 Å². The predicted octanol–water partition coefficient (Wildman–Crippen LogP) is 3.57. The molecule has 0 N–H and O–H groups in total. The molecular weight excluding hydrogens is 159 g/mol. The number of thioether (sulfide) groups is 1. The zero-order chi connectivity index (χ0) is 8.69. The summed E-state index contributed by atoms with van der Waals surface area (Å²) in [7, 11) is 0. The summed E-state index contributed by atoms with van der Waals surface area (Å²) < 4.78 is 12.6. The zero-order valence-corrected chi connectivity index (χ0v) is 7.91. The summed E-state index contributed by atoms with van der Waals surface area (Å²) in [5.41, 5.74) is 0. The van der Waals surface area contributed by atoms with Gasteiger partial charge in [-0.05, 0) is 18.4 Å². The molecular formula is C9H13FS. The first kappa shape index (κ1) is 10.5. The second kappa shape index (κ2) is 6.23. The third-order valence-corrected chi connectivity index (χ3v) is 1.83. The SMILES string of the molecule is CC.CSc1ccccc1F. The number of hydrogen-bond donors (Lipinski definition) is 0. The van der Waals surface area contributed by atoms with Crippen molar-refractivity contribution in [3.05, 3.63) is 30.1 Å². The van der Waals surface area contributed by atoms with Crippen LogP contribution in [0.25, 0.3) is 0 Å². The largest absolute Gasteiger partial charge is 0.206 e. The van der Waals surface area contributed by atoms with E-state index in [2.05, 4.69) is 0 Å². The van der Waals surface area contributed by atoms with Gasteiger partial charge in [0.2, 0.25) is 0 Å². The Morgan fingerprint density at radius 2 is 1.73 bits per heavy atom. The van der Waals surface area contributed by atoms with Gasteiger partial charge in [-0.25, -0.2) is 4.39 Å². The van der Waals surface area contributed by atoms with E-state index in [-0.39, 0.29) is 5.82 Å². The molecule has 2 heteroatoms. The van der Waals surface area contributed by atoms with Crippen molar-refractivity contribution in [3.63, 3.8) is 0 Å². The van der Waals surface area contributed by atoms with Crippen LogP contribution in [0.4, 0.5) is 4.39 Å². The quantitative estimate of drug-likeness (QED) is 0.583.